The SMILES string of the molecule is CN(Cc1ccc(F)c(F)c1)C(=O)c1cc(N)cnc1Cl. The lowest BCUT2D eigenvalue weighted by atomic mass is 10.2. The highest BCUT2D eigenvalue weighted by molar-refractivity contribution is 6.32. The lowest BCUT2D eigenvalue weighted by molar-refractivity contribution is 0.0784. The van der Waals surface area contributed by atoms with Gasteiger partial charge < -0.3 is 10.6 Å². The predicted octanol–water partition coefficient (Wildman–Crippen LogP) is 2.87. The third kappa shape index (κ3) is 3.46. The number of nitrogens with two attached hydrogens (primary N) is 1. The summed E-state index contributed by atoms with van der Waals surface area (Å²) in [6.45, 7) is 0.0984. The Bertz CT molecular complexity index is 694. The van der Waals surface area contributed by atoms with Crippen molar-refractivity contribution in [2.24, 2.45) is 0 Å². The van der Waals surface area contributed by atoms with E-state index in [1.807, 2.05) is 0 Å². The molecule has 110 valence electrons. The van der Waals surface area contributed by atoms with E-state index in [-0.39, 0.29) is 17.3 Å². The molecule has 1 aromatic heterocycles. The van der Waals surface area contributed by atoms with Crippen LogP contribution >= 0.6 is 11.6 Å². The minimum Gasteiger partial charge on any atom is -0.397 e. The summed E-state index contributed by atoms with van der Waals surface area (Å²) in [5.74, 6) is -2.31. The average Bonchev–Trinajstić information content (AvgIpc) is 2.44. The Balaban J connectivity index is 2.19. The Morgan fingerprint density at radius 2 is 2.05 bits per heavy atom. The molecule has 21 heavy (non-hydrogen) atoms. The van der Waals surface area contributed by atoms with Crippen LogP contribution in [0.25, 0.3) is 0 Å². The van der Waals surface area contributed by atoms with Gasteiger partial charge in [-0.1, -0.05) is 17.7 Å². The van der Waals surface area contributed by atoms with Crippen LogP contribution in [0.1, 0.15) is 15.9 Å². The van der Waals surface area contributed by atoms with Gasteiger partial charge in [0.1, 0.15) is 5.15 Å². The van der Waals surface area contributed by atoms with E-state index in [2.05, 4.69) is 4.98 Å². The molecule has 0 radical (unpaired) electrons. The highest BCUT2D eigenvalue weighted by Gasteiger charge is 2.17. The minimum absolute atomic E-state index is 0.0336. The zero-order valence-electron chi connectivity index (χ0n) is 11.1. The molecule has 0 saturated heterocycles. The molecule has 0 aliphatic carbocycles. The third-order valence-corrected chi connectivity index (χ3v) is 3.14. The first kappa shape index (κ1) is 15.2. The number of pyridine rings is 1. The average molecular weight is 312 g/mol. The van der Waals surface area contributed by atoms with E-state index in [4.69, 9.17) is 17.3 Å². The maximum Gasteiger partial charge on any atom is 0.257 e. The molecular formula is C14H12ClF2N3O. The van der Waals surface area contributed by atoms with E-state index in [0.717, 1.165) is 12.1 Å². The molecule has 0 aliphatic rings. The second kappa shape index (κ2) is 6.05. The van der Waals surface area contributed by atoms with Gasteiger partial charge in [-0.05, 0) is 23.8 Å². The first-order valence-electron chi connectivity index (χ1n) is 5.99. The van der Waals surface area contributed by atoms with Crippen molar-refractivity contribution < 1.29 is 13.6 Å². The van der Waals surface area contributed by atoms with Crippen molar-refractivity contribution in [1.29, 1.82) is 0 Å². The van der Waals surface area contributed by atoms with Gasteiger partial charge in [0.2, 0.25) is 0 Å². The lowest BCUT2D eigenvalue weighted by Gasteiger charge is -2.18. The first-order chi connectivity index (χ1) is 9.88. The quantitative estimate of drug-likeness (QED) is 0.887. The highest BCUT2D eigenvalue weighted by atomic mass is 35.5. The number of nitrogens with zero attached hydrogens (tertiary/aromatic N) is 2. The molecular weight excluding hydrogens is 300 g/mol. The Hall–Kier alpha value is -2.21. The van der Waals surface area contributed by atoms with Crippen LogP contribution in [0.3, 0.4) is 0 Å². The fraction of sp³-hybridized carbons (Fsp3) is 0.143. The van der Waals surface area contributed by atoms with Gasteiger partial charge >= 0.3 is 0 Å². The molecule has 0 saturated carbocycles. The molecule has 1 aromatic carbocycles. The summed E-state index contributed by atoms with van der Waals surface area (Å²) in [5.41, 5.74) is 6.49. The topological polar surface area (TPSA) is 59.2 Å². The van der Waals surface area contributed by atoms with E-state index >= 15 is 0 Å². The molecule has 0 fully saturated rings. The molecule has 1 amide bonds. The molecule has 0 bridgehead atoms. The van der Waals surface area contributed by atoms with Crippen LogP contribution in [0.15, 0.2) is 30.5 Å². The van der Waals surface area contributed by atoms with Crippen molar-refractivity contribution in [2.45, 2.75) is 6.54 Å². The summed E-state index contributed by atoms with van der Waals surface area (Å²) >= 11 is 5.86. The zero-order chi connectivity index (χ0) is 15.6. The summed E-state index contributed by atoms with van der Waals surface area (Å²) in [6, 6.07) is 4.87. The second-order valence-corrected chi connectivity index (χ2v) is 4.87. The maximum atomic E-state index is 13.1. The Morgan fingerprint density at radius 1 is 1.33 bits per heavy atom. The standard InChI is InChI=1S/C14H12ClF2N3O/c1-20(7-8-2-3-11(16)12(17)4-8)14(21)10-5-9(18)6-19-13(10)15/h2-6H,7,18H2,1H3. The van der Waals surface area contributed by atoms with E-state index < -0.39 is 17.5 Å². The Kier molecular flexibility index (Phi) is 4.37. The van der Waals surface area contributed by atoms with Gasteiger partial charge in [0.25, 0.3) is 5.91 Å². The minimum atomic E-state index is -0.961. The largest absolute Gasteiger partial charge is 0.397 e. The number of rotatable bonds is 3. The van der Waals surface area contributed by atoms with E-state index in [1.165, 1.54) is 30.3 Å². The third-order valence-electron chi connectivity index (χ3n) is 2.84. The Morgan fingerprint density at radius 3 is 2.71 bits per heavy atom. The number of amides is 1. The molecule has 0 aliphatic heterocycles. The number of benzene rings is 1. The molecule has 2 N–H and O–H groups in total. The molecule has 0 spiro atoms. The predicted molar refractivity (Wildman–Crippen MR) is 75.8 cm³/mol. The van der Waals surface area contributed by atoms with Crippen LogP contribution in [0.4, 0.5) is 14.5 Å². The fourth-order valence-electron chi connectivity index (χ4n) is 1.80. The van der Waals surface area contributed by atoms with Crippen LogP contribution in [-0.2, 0) is 6.54 Å². The van der Waals surface area contributed by atoms with Crippen molar-refractivity contribution in [3.8, 4) is 0 Å². The van der Waals surface area contributed by atoms with Gasteiger partial charge in [-0.3, -0.25) is 4.79 Å². The summed E-state index contributed by atoms with van der Waals surface area (Å²) in [5, 5.41) is 0.0336. The molecule has 0 unspecified atom stereocenters. The number of hydrogen-bond acceptors (Lipinski definition) is 3. The van der Waals surface area contributed by atoms with Gasteiger partial charge in [0.05, 0.1) is 17.4 Å². The molecule has 0 atom stereocenters. The van der Waals surface area contributed by atoms with E-state index in [0.29, 0.717) is 11.3 Å². The first-order valence-corrected chi connectivity index (χ1v) is 6.36. The van der Waals surface area contributed by atoms with Crippen LogP contribution in [-0.4, -0.2) is 22.8 Å². The van der Waals surface area contributed by atoms with Gasteiger partial charge in [0.15, 0.2) is 11.6 Å². The van der Waals surface area contributed by atoms with Gasteiger partial charge in [-0.2, -0.15) is 0 Å². The second-order valence-electron chi connectivity index (χ2n) is 4.52. The van der Waals surface area contributed by atoms with Crippen LogP contribution in [0, 0.1) is 11.6 Å². The number of carbonyl (C=O) groups is 1. The summed E-state index contributed by atoms with van der Waals surface area (Å²) in [7, 11) is 1.52. The van der Waals surface area contributed by atoms with Crippen LogP contribution in [0.2, 0.25) is 5.15 Å². The molecule has 2 aromatic rings. The monoisotopic (exact) mass is 311 g/mol. The van der Waals surface area contributed by atoms with Gasteiger partial charge in [-0.15, -0.1) is 0 Å². The van der Waals surface area contributed by atoms with Crippen LogP contribution in [0.5, 0.6) is 0 Å². The van der Waals surface area contributed by atoms with E-state index in [1.54, 1.807) is 0 Å². The zero-order valence-corrected chi connectivity index (χ0v) is 11.9. The number of aromatic nitrogens is 1. The van der Waals surface area contributed by atoms with Gasteiger partial charge in [0, 0.05) is 13.6 Å². The number of carbonyl (C=O) groups excluding carboxylic acids is 1. The normalized spacial score (nSPS) is 10.5. The number of hydrogen-bond donors (Lipinski definition) is 1. The summed E-state index contributed by atoms with van der Waals surface area (Å²) < 4.78 is 26.0. The number of nitrogen functional groups attached to an aromatic ring is 1. The number of anilines is 1. The highest BCUT2D eigenvalue weighted by Crippen LogP contribution is 2.18. The molecule has 4 nitrogen and oxygen atoms in total. The van der Waals surface area contributed by atoms with Crippen molar-refractivity contribution in [3.05, 3.63) is 58.4 Å². The maximum absolute atomic E-state index is 13.1. The number of halogens is 3. The van der Waals surface area contributed by atoms with Crippen molar-refractivity contribution in [1.82, 2.24) is 9.88 Å². The van der Waals surface area contributed by atoms with Crippen molar-refractivity contribution >= 4 is 23.2 Å². The smallest absolute Gasteiger partial charge is 0.257 e. The van der Waals surface area contributed by atoms with Gasteiger partial charge in [-0.25, -0.2) is 13.8 Å². The summed E-state index contributed by atoms with van der Waals surface area (Å²) in [4.78, 5) is 17.4. The van der Waals surface area contributed by atoms with Crippen molar-refractivity contribution in [2.75, 3.05) is 12.8 Å². The molecule has 2 rings (SSSR count). The van der Waals surface area contributed by atoms with Crippen LogP contribution < -0.4 is 5.73 Å². The summed E-state index contributed by atoms with van der Waals surface area (Å²) in [6.07, 6.45) is 1.34. The lowest BCUT2D eigenvalue weighted by Crippen LogP contribution is -2.26. The Labute approximate surface area is 125 Å². The fourth-order valence-corrected chi connectivity index (χ4v) is 1.99. The molecule has 7 heteroatoms. The molecule has 1 heterocycles. The van der Waals surface area contributed by atoms with Crippen molar-refractivity contribution in [3.63, 3.8) is 0 Å². The van der Waals surface area contributed by atoms with E-state index in [9.17, 15) is 13.6 Å².